The van der Waals surface area contributed by atoms with Crippen LogP contribution in [0.3, 0.4) is 0 Å². The van der Waals surface area contributed by atoms with Crippen molar-refractivity contribution in [3.05, 3.63) is 63.5 Å². The van der Waals surface area contributed by atoms with Crippen LogP contribution >= 0.6 is 0 Å². The second kappa shape index (κ2) is 6.37. The highest BCUT2D eigenvalue weighted by Crippen LogP contribution is 2.23. The Bertz CT molecular complexity index is 848. The van der Waals surface area contributed by atoms with Gasteiger partial charge in [-0.25, -0.2) is 9.79 Å². The molecular weight excluding hydrogens is 316 g/mol. The number of benzene rings is 1. The molecule has 0 bridgehead atoms. The number of esters is 1. The number of nitro groups is 1. The third kappa shape index (κ3) is 3.17. The van der Waals surface area contributed by atoms with Crippen molar-refractivity contribution in [1.82, 2.24) is 0 Å². The Balaban J connectivity index is 1.83. The van der Waals surface area contributed by atoms with Crippen LogP contribution < -0.4 is 4.74 Å². The molecule has 3 rings (SSSR count). The lowest BCUT2D eigenvalue weighted by molar-refractivity contribution is -0.402. The van der Waals surface area contributed by atoms with Crippen LogP contribution in [0.2, 0.25) is 0 Å². The van der Waals surface area contributed by atoms with Gasteiger partial charge in [-0.15, -0.1) is 0 Å². The molecule has 0 atom stereocenters. The van der Waals surface area contributed by atoms with Gasteiger partial charge in [0.2, 0.25) is 5.90 Å². The molecule has 0 saturated heterocycles. The van der Waals surface area contributed by atoms with E-state index in [1.54, 1.807) is 24.3 Å². The molecule has 0 unspecified atom stereocenters. The lowest BCUT2D eigenvalue weighted by atomic mass is 10.2. The van der Waals surface area contributed by atoms with Gasteiger partial charge in [0.15, 0.2) is 5.70 Å². The highest BCUT2D eigenvalue weighted by molar-refractivity contribution is 6.12. The van der Waals surface area contributed by atoms with Crippen molar-refractivity contribution in [2.75, 3.05) is 6.61 Å². The van der Waals surface area contributed by atoms with Crippen molar-refractivity contribution in [2.45, 2.75) is 6.92 Å². The van der Waals surface area contributed by atoms with Gasteiger partial charge in [0.25, 0.3) is 0 Å². The molecule has 0 spiro atoms. The number of nitrogens with zero attached hydrogens (tertiary/aromatic N) is 2. The topological polar surface area (TPSA) is 104 Å². The lowest BCUT2D eigenvalue weighted by Gasteiger charge is -2.03. The second-order valence-corrected chi connectivity index (χ2v) is 4.73. The van der Waals surface area contributed by atoms with E-state index in [9.17, 15) is 14.9 Å². The van der Waals surface area contributed by atoms with E-state index in [1.165, 1.54) is 18.2 Å². The van der Waals surface area contributed by atoms with Gasteiger partial charge in [0.05, 0.1) is 12.7 Å². The second-order valence-electron chi connectivity index (χ2n) is 4.73. The Hall–Kier alpha value is -3.42. The van der Waals surface area contributed by atoms with Gasteiger partial charge in [0, 0.05) is 11.6 Å². The van der Waals surface area contributed by atoms with E-state index in [4.69, 9.17) is 13.9 Å². The molecule has 0 saturated carbocycles. The van der Waals surface area contributed by atoms with Crippen molar-refractivity contribution < 1.29 is 23.6 Å². The Morgan fingerprint density at radius 1 is 1.25 bits per heavy atom. The molecule has 8 nitrogen and oxygen atoms in total. The molecule has 1 aromatic heterocycles. The van der Waals surface area contributed by atoms with Gasteiger partial charge in [-0.1, -0.05) is 0 Å². The van der Waals surface area contributed by atoms with Crippen LogP contribution in [0.15, 0.2) is 51.5 Å². The summed E-state index contributed by atoms with van der Waals surface area (Å²) in [5, 5.41) is 10.6. The van der Waals surface area contributed by atoms with Gasteiger partial charge in [-0.3, -0.25) is 10.1 Å². The van der Waals surface area contributed by atoms with E-state index in [2.05, 4.69) is 4.99 Å². The summed E-state index contributed by atoms with van der Waals surface area (Å²) in [4.78, 5) is 25.9. The monoisotopic (exact) mass is 328 g/mol. The summed E-state index contributed by atoms with van der Waals surface area (Å²) in [5.41, 5.74) is 0.615. The zero-order valence-electron chi connectivity index (χ0n) is 12.6. The van der Waals surface area contributed by atoms with E-state index in [0.717, 1.165) is 0 Å². The first-order valence-electron chi connectivity index (χ1n) is 7.07. The molecule has 1 aromatic carbocycles. The summed E-state index contributed by atoms with van der Waals surface area (Å²) in [7, 11) is 0. The molecule has 0 radical (unpaired) electrons. The molecule has 122 valence electrons. The Kier molecular flexibility index (Phi) is 4.11. The van der Waals surface area contributed by atoms with Crippen molar-refractivity contribution >= 4 is 23.8 Å². The number of hydrogen-bond acceptors (Lipinski definition) is 7. The largest absolute Gasteiger partial charge is 0.494 e. The molecule has 1 aliphatic rings. The first kappa shape index (κ1) is 15.5. The molecule has 1 aliphatic heterocycles. The van der Waals surface area contributed by atoms with Gasteiger partial charge in [-0.2, -0.15) is 0 Å². The van der Waals surface area contributed by atoms with Crippen LogP contribution in [0.4, 0.5) is 5.88 Å². The maximum absolute atomic E-state index is 11.9. The van der Waals surface area contributed by atoms with Gasteiger partial charge >= 0.3 is 11.9 Å². The molecule has 0 fully saturated rings. The number of furan rings is 1. The van der Waals surface area contributed by atoms with Crippen molar-refractivity contribution in [1.29, 1.82) is 0 Å². The number of carbonyl (C=O) groups excluding carboxylic acids is 1. The average Bonchev–Trinajstić information content (AvgIpc) is 3.17. The first-order chi connectivity index (χ1) is 11.6. The van der Waals surface area contributed by atoms with Crippen LogP contribution in [0.1, 0.15) is 18.2 Å². The van der Waals surface area contributed by atoms with Crippen molar-refractivity contribution in [3.8, 4) is 5.75 Å². The summed E-state index contributed by atoms with van der Waals surface area (Å²) in [6.07, 6.45) is 1.29. The van der Waals surface area contributed by atoms with Gasteiger partial charge < -0.3 is 13.9 Å². The van der Waals surface area contributed by atoms with E-state index < -0.39 is 16.8 Å². The first-order valence-corrected chi connectivity index (χ1v) is 7.07. The molecular formula is C16H12N2O6. The molecule has 0 aliphatic carbocycles. The van der Waals surface area contributed by atoms with Crippen LogP contribution in [-0.2, 0) is 9.53 Å². The fourth-order valence-electron chi connectivity index (χ4n) is 2.05. The molecule has 0 amide bonds. The average molecular weight is 328 g/mol. The van der Waals surface area contributed by atoms with E-state index in [1.807, 2.05) is 6.92 Å². The summed E-state index contributed by atoms with van der Waals surface area (Å²) >= 11 is 0. The molecule has 24 heavy (non-hydrogen) atoms. The minimum Gasteiger partial charge on any atom is -0.494 e. The van der Waals surface area contributed by atoms with Crippen LogP contribution in [0.25, 0.3) is 6.08 Å². The predicted octanol–water partition coefficient (Wildman–Crippen LogP) is 2.93. The maximum Gasteiger partial charge on any atom is 0.433 e. The zero-order valence-corrected chi connectivity index (χ0v) is 12.6. The summed E-state index contributed by atoms with van der Waals surface area (Å²) in [5.74, 6) is -0.0765. The maximum atomic E-state index is 11.9. The molecule has 2 heterocycles. The third-order valence-corrected chi connectivity index (χ3v) is 3.10. The van der Waals surface area contributed by atoms with E-state index >= 15 is 0 Å². The van der Waals surface area contributed by atoms with Crippen LogP contribution in [-0.4, -0.2) is 23.4 Å². The number of hydrogen-bond donors (Lipinski definition) is 0. The minimum absolute atomic E-state index is 0.00290. The lowest BCUT2D eigenvalue weighted by Crippen LogP contribution is -2.05. The third-order valence-electron chi connectivity index (χ3n) is 3.10. The fourth-order valence-corrected chi connectivity index (χ4v) is 2.05. The minimum atomic E-state index is -0.663. The standard InChI is InChI=1S/C16H12N2O6/c1-2-22-11-5-3-10(4-6-11)15-17-13(16(19)24-15)9-12-7-8-14(23-12)18(20)21/h3-9H,2H2,1H3/b13-9-. The Morgan fingerprint density at radius 2 is 2.00 bits per heavy atom. The molecule has 8 heteroatoms. The number of carbonyl (C=O) groups is 1. The highest BCUT2D eigenvalue weighted by Gasteiger charge is 2.25. The predicted molar refractivity (Wildman–Crippen MR) is 83.6 cm³/mol. The Labute approximate surface area is 136 Å². The summed E-state index contributed by atoms with van der Waals surface area (Å²) in [6.45, 7) is 2.43. The number of ether oxygens (including phenoxy) is 2. The SMILES string of the molecule is CCOc1ccc(C2=N/C(=C\c3ccc([N+](=O)[O-])o3)C(=O)O2)cc1. The highest BCUT2D eigenvalue weighted by atomic mass is 16.6. The summed E-state index contributed by atoms with van der Waals surface area (Å²) in [6, 6.07) is 9.50. The van der Waals surface area contributed by atoms with E-state index in [0.29, 0.717) is 17.9 Å². The summed E-state index contributed by atoms with van der Waals surface area (Å²) < 4.78 is 15.4. The quantitative estimate of drug-likeness (QED) is 0.362. The normalized spacial score (nSPS) is 15.3. The van der Waals surface area contributed by atoms with Crippen molar-refractivity contribution in [3.63, 3.8) is 0 Å². The molecule has 0 N–H and O–H groups in total. The van der Waals surface area contributed by atoms with Crippen molar-refractivity contribution in [2.24, 2.45) is 4.99 Å². The van der Waals surface area contributed by atoms with Gasteiger partial charge in [-0.05, 0) is 37.3 Å². The number of cyclic esters (lactones) is 1. The fraction of sp³-hybridized carbons (Fsp3) is 0.125. The van der Waals surface area contributed by atoms with Gasteiger partial charge in [0.1, 0.15) is 16.4 Å². The van der Waals surface area contributed by atoms with Crippen LogP contribution in [0, 0.1) is 10.1 Å². The zero-order chi connectivity index (χ0) is 17.1. The van der Waals surface area contributed by atoms with E-state index in [-0.39, 0.29) is 17.4 Å². The number of aliphatic imine (C=N–C) groups is 1. The van der Waals surface area contributed by atoms with Crippen LogP contribution in [0.5, 0.6) is 5.75 Å². The Morgan fingerprint density at radius 3 is 2.62 bits per heavy atom. The molecule has 2 aromatic rings. The smallest absolute Gasteiger partial charge is 0.433 e. The number of rotatable bonds is 5.